The topological polar surface area (TPSA) is 55.5 Å². The third-order valence-corrected chi connectivity index (χ3v) is 1.84. The molecule has 68 valence electrons. The van der Waals surface area contributed by atoms with Crippen LogP contribution >= 0.6 is 0 Å². The highest BCUT2D eigenvalue weighted by atomic mass is 16.5. The minimum atomic E-state index is -0.461. The second kappa shape index (κ2) is 3.25. The first-order chi connectivity index (χ1) is 5.60. The molecule has 0 bridgehead atoms. The molecule has 0 spiro atoms. The SMILES string of the molecule is COC(C)(C)c1cc(CO)on1. The summed E-state index contributed by atoms with van der Waals surface area (Å²) in [6.07, 6.45) is 0. The van der Waals surface area contributed by atoms with Crippen LogP contribution in [-0.4, -0.2) is 17.4 Å². The molecule has 1 heterocycles. The smallest absolute Gasteiger partial charge is 0.162 e. The van der Waals surface area contributed by atoms with Gasteiger partial charge in [-0.3, -0.25) is 0 Å². The maximum Gasteiger partial charge on any atom is 0.162 e. The van der Waals surface area contributed by atoms with Gasteiger partial charge in [-0.25, -0.2) is 0 Å². The lowest BCUT2D eigenvalue weighted by Crippen LogP contribution is -2.19. The molecule has 0 aliphatic heterocycles. The number of hydrogen-bond acceptors (Lipinski definition) is 4. The lowest BCUT2D eigenvalue weighted by atomic mass is 10.1. The highest BCUT2D eigenvalue weighted by Crippen LogP contribution is 2.22. The van der Waals surface area contributed by atoms with E-state index in [1.54, 1.807) is 13.2 Å². The van der Waals surface area contributed by atoms with Crippen molar-refractivity contribution in [3.63, 3.8) is 0 Å². The highest BCUT2D eigenvalue weighted by molar-refractivity contribution is 5.11. The molecule has 0 fully saturated rings. The van der Waals surface area contributed by atoms with Crippen LogP contribution in [0.15, 0.2) is 10.6 Å². The first-order valence-electron chi connectivity index (χ1n) is 3.72. The molecular weight excluding hydrogens is 158 g/mol. The number of aliphatic hydroxyl groups excluding tert-OH is 1. The van der Waals surface area contributed by atoms with Crippen LogP contribution in [0.5, 0.6) is 0 Å². The second-order valence-electron chi connectivity index (χ2n) is 3.05. The minimum Gasteiger partial charge on any atom is -0.388 e. The summed E-state index contributed by atoms with van der Waals surface area (Å²) < 4.78 is 10.00. The molecule has 0 aliphatic rings. The van der Waals surface area contributed by atoms with Gasteiger partial charge in [0.1, 0.15) is 17.9 Å². The normalized spacial score (nSPS) is 12.0. The monoisotopic (exact) mass is 171 g/mol. The molecule has 4 nitrogen and oxygen atoms in total. The summed E-state index contributed by atoms with van der Waals surface area (Å²) in [5.41, 5.74) is 0.228. The Morgan fingerprint density at radius 2 is 2.33 bits per heavy atom. The summed E-state index contributed by atoms with van der Waals surface area (Å²) in [7, 11) is 1.60. The van der Waals surface area contributed by atoms with Crippen molar-refractivity contribution < 1.29 is 14.4 Å². The van der Waals surface area contributed by atoms with Crippen LogP contribution in [-0.2, 0) is 16.9 Å². The predicted octanol–water partition coefficient (Wildman–Crippen LogP) is 1.05. The maximum absolute atomic E-state index is 8.71. The fraction of sp³-hybridized carbons (Fsp3) is 0.625. The van der Waals surface area contributed by atoms with Gasteiger partial charge in [-0.05, 0) is 13.8 Å². The van der Waals surface area contributed by atoms with E-state index in [1.165, 1.54) is 0 Å². The zero-order valence-electron chi connectivity index (χ0n) is 7.50. The molecule has 0 radical (unpaired) electrons. The number of aromatic nitrogens is 1. The zero-order chi connectivity index (χ0) is 9.19. The molecule has 0 aliphatic carbocycles. The molecule has 0 atom stereocenters. The summed E-state index contributed by atoms with van der Waals surface area (Å²) in [6, 6.07) is 1.68. The maximum atomic E-state index is 8.71. The van der Waals surface area contributed by atoms with Crippen molar-refractivity contribution in [3.8, 4) is 0 Å². The standard InChI is InChI=1S/C8H13NO3/c1-8(2,11-3)7-4-6(5-10)12-9-7/h4,10H,5H2,1-3H3. The Bertz CT molecular complexity index is 255. The number of methoxy groups -OCH3 is 1. The molecule has 0 amide bonds. The van der Waals surface area contributed by atoms with Gasteiger partial charge >= 0.3 is 0 Å². The van der Waals surface area contributed by atoms with Crippen molar-refractivity contribution in [1.29, 1.82) is 0 Å². The third-order valence-electron chi connectivity index (χ3n) is 1.84. The van der Waals surface area contributed by atoms with Crippen LogP contribution in [0.2, 0.25) is 0 Å². The van der Waals surface area contributed by atoms with Gasteiger partial charge in [0.05, 0.1) is 0 Å². The van der Waals surface area contributed by atoms with Crippen molar-refractivity contribution in [2.75, 3.05) is 7.11 Å². The first-order valence-corrected chi connectivity index (χ1v) is 3.72. The summed E-state index contributed by atoms with van der Waals surface area (Å²) in [5.74, 6) is 0.454. The van der Waals surface area contributed by atoms with Gasteiger partial charge in [-0.15, -0.1) is 0 Å². The quantitative estimate of drug-likeness (QED) is 0.738. The van der Waals surface area contributed by atoms with E-state index in [4.69, 9.17) is 14.4 Å². The average molecular weight is 171 g/mol. The summed E-state index contributed by atoms with van der Waals surface area (Å²) in [5, 5.41) is 12.5. The van der Waals surface area contributed by atoms with Gasteiger partial charge in [0, 0.05) is 13.2 Å². The van der Waals surface area contributed by atoms with Crippen LogP contribution in [0.4, 0.5) is 0 Å². The minimum absolute atomic E-state index is 0.132. The van der Waals surface area contributed by atoms with Crippen LogP contribution in [0.1, 0.15) is 25.3 Å². The number of rotatable bonds is 3. The van der Waals surface area contributed by atoms with E-state index in [0.717, 1.165) is 0 Å². The van der Waals surface area contributed by atoms with Gasteiger partial charge in [-0.1, -0.05) is 5.16 Å². The number of nitrogens with zero attached hydrogens (tertiary/aromatic N) is 1. The number of aliphatic hydroxyl groups is 1. The summed E-state index contributed by atoms with van der Waals surface area (Å²) in [4.78, 5) is 0. The summed E-state index contributed by atoms with van der Waals surface area (Å²) >= 11 is 0. The molecule has 4 heteroatoms. The van der Waals surface area contributed by atoms with E-state index in [1.807, 2.05) is 13.8 Å². The van der Waals surface area contributed by atoms with Crippen LogP contribution in [0, 0.1) is 0 Å². The zero-order valence-corrected chi connectivity index (χ0v) is 7.50. The Balaban J connectivity index is 2.88. The van der Waals surface area contributed by atoms with Gasteiger partial charge in [0.2, 0.25) is 0 Å². The molecule has 0 saturated heterocycles. The van der Waals surface area contributed by atoms with Crippen molar-refractivity contribution in [2.45, 2.75) is 26.1 Å². The van der Waals surface area contributed by atoms with Crippen molar-refractivity contribution in [2.24, 2.45) is 0 Å². The third kappa shape index (κ3) is 1.65. The Labute approximate surface area is 71.1 Å². The van der Waals surface area contributed by atoms with E-state index < -0.39 is 5.60 Å². The number of hydrogen-bond donors (Lipinski definition) is 1. The Hall–Kier alpha value is -0.870. The number of ether oxygens (including phenoxy) is 1. The van der Waals surface area contributed by atoms with Crippen LogP contribution in [0.3, 0.4) is 0 Å². The highest BCUT2D eigenvalue weighted by Gasteiger charge is 2.23. The fourth-order valence-electron chi connectivity index (χ4n) is 0.776. The van der Waals surface area contributed by atoms with E-state index in [9.17, 15) is 0 Å². The summed E-state index contributed by atoms with van der Waals surface area (Å²) in [6.45, 7) is 3.63. The average Bonchev–Trinajstić information content (AvgIpc) is 2.52. The van der Waals surface area contributed by atoms with Crippen molar-refractivity contribution in [3.05, 3.63) is 17.5 Å². The van der Waals surface area contributed by atoms with Crippen LogP contribution < -0.4 is 0 Å². The van der Waals surface area contributed by atoms with E-state index in [0.29, 0.717) is 11.5 Å². The molecule has 0 unspecified atom stereocenters. The van der Waals surface area contributed by atoms with Crippen molar-refractivity contribution in [1.82, 2.24) is 5.16 Å². The fourth-order valence-corrected chi connectivity index (χ4v) is 0.776. The molecular formula is C8H13NO3. The molecule has 1 aromatic rings. The molecule has 0 saturated carbocycles. The lowest BCUT2D eigenvalue weighted by Gasteiger charge is -2.18. The first kappa shape index (κ1) is 9.22. The van der Waals surface area contributed by atoms with Gasteiger partial charge in [0.25, 0.3) is 0 Å². The molecule has 12 heavy (non-hydrogen) atoms. The Morgan fingerprint density at radius 3 is 2.75 bits per heavy atom. The lowest BCUT2D eigenvalue weighted by molar-refractivity contribution is 0.0129. The van der Waals surface area contributed by atoms with Crippen molar-refractivity contribution >= 4 is 0 Å². The Morgan fingerprint density at radius 1 is 1.67 bits per heavy atom. The van der Waals surface area contributed by atoms with E-state index in [2.05, 4.69) is 5.16 Å². The molecule has 1 rings (SSSR count). The second-order valence-corrected chi connectivity index (χ2v) is 3.05. The van der Waals surface area contributed by atoms with E-state index >= 15 is 0 Å². The molecule has 0 aromatic carbocycles. The predicted molar refractivity (Wildman–Crippen MR) is 42.5 cm³/mol. The van der Waals surface area contributed by atoms with Crippen LogP contribution in [0.25, 0.3) is 0 Å². The van der Waals surface area contributed by atoms with Gasteiger partial charge in [0.15, 0.2) is 5.76 Å². The van der Waals surface area contributed by atoms with E-state index in [-0.39, 0.29) is 6.61 Å². The largest absolute Gasteiger partial charge is 0.388 e. The van der Waals surface area contributed by atoms with Gasteiger partial charge < -0.3 is 14.4 Å². The Kier molecular flexibility index (Phi) is 2.49. The molecule has 1 N–H and O–H groups in total. The molecule has 1 aromatic heterocycles. The van der Waals surface area contributed by atoms with Gasteiger partial charge in [-0.2, -0.15) is 0 Å².